The Labute approximate surface area is 109 Å². The number of halogens is 3. The van der Waals surface area contributed by atoms with Gasteiger partial charge in [0, 0.05) is 12.4 Å². The maximum atomic E-state index is 13.3. The molecule has 0 radical (unpaired) electrons. The van der Waals surface area contributed by atoms with E-state index >= 15 is 0 Å². The molecule has 1 unspecified atom stereocenters. The molecule has 1 N–H and O–H groups in total. The molecule has 1 atom stereocenters. The predicted molar refractivity (Wildman–Crippen MR) is 66.2 cm³/mol. The minimum atomic E-state index is -1.46. The number of aromatic nitrogens is 1. The normalized spacial score (nSPS) is 12.5. The van der Waals surface area contributed by atoms with Crippen molar-refractivity contribution in [1.82, 2.24) is 10.3 Å². The van der Waals surface area contributed by atoms with E-state index in [0.717, 1.165) is 23.3 Å². The third kappa shape index (κ3) is 2.61. The van der Waals surface area contributed by atoms with Gasteiger partial charge in [-0.2, -0.15) is 0 Å². The topological polar surface area (TPSA) is 24.9 Å². The van der Waals surface area contributed by atoms with Gasteiger partial charge >= 0.3 is 0 Å². The zero-order valence-corrected chi connectivity index (χ0v) is 10.5. The summed E-state index contributed by atoms with van der Waals surface area (Å²) in [4.78, 5) is 4.00. The fraction of sp³-hybridized carbons (Fsp3) is 0.214. The van der Waals surface area contributed by atoms with E-state index in [-0.39, 0.29) is 0 Å². The standard InChI is InChI=1S/C14H13F3N2/c1-8-3-4-19-7-10(8)14(18-2)9-5-11(15)13(17)12(16)6-9/h3-7,14,18H,1-2H3. The molecule has 1 aromatic carbocycles. The number of aryl methyl sites for hydroxylation is 1. The molecule has 0 spiro atoms. The molecule has 0 aliphatic carbocycles. The summed E-state index contributed by atoms with van der Waals surface area (Å²) in [7, 11) is 1.66. The van der Waals surface area contributed by atoms with Gasteiger partial charge in [-0.25, -0.2) is 13.2 Å². The second-order valence-electron chi connectivity index (χ2n) is 4.25. The zero-order chi connectivity index (χ0) is 14.0. The summed E-state index contributed by atoms with van der Waals surface area (Å²) >= 11 is 0. The Morgan fingerprint density at radius 2 is 1.79 bits per heavy atom. The minimum absolute atomic E-state index is 0.315. The van der Waals surface area contributed by atoms with E-state index in [1.807, 2.05) is 6.92 Å². The Morgan fingerprint density at radius 3 is 2.32 bits per heavy atom. The molecule has 2 aromatic rings. The lowest BCUT2D eigenvalue weighted by Crippen LogP contribution is -2.19. The maximum absolute atomic E-state index is 13.3. The highest BCUT2D eigenvalue weighted by Crippen LogP contribution is 2.26. The van der Waals surface area contributed by atoms with Crippen LogP contribution in [0.5, 0.6) is 0 Å². The van der Waals surface area contributed by atoms with Crippen molar-refractivity contribution in [3.05, 3.63) is 64.7 Å². The second-order valence-corrected chi connectivity index (χ2v) is 4.25. The van der Waals surface area contributed by atoms with Gasteiger partial charge < -0.3 is 5.32 Å². The molecule has 0 amide bonds. The summed E-state index contributed by atoms with van der Waals surface area (Å²) < 4.78 is 39.6. The van der Waals surface area contributed by atoms with Crippen molar-refractivity contribution in [2.24, 2.45) is 0 Å². The molecular weight excluding hydrogens is 253 g/mol. The lowest BCUT2D eigenvalue weighted by Gasteiger charge is -2.19. The van der Waals surface area contributed by atoms with Crippen molar-refractivity contribution in [3.8, 4) is 0 Å². The van der Waals surface area contributed by atoms with Crippen LogP contribution >= 0.6 is 0 Å². The summed E-state index contributed by atoms with van der Waals surface area (Å²) in [6, 6.07) is 3.34. The molecule has 1 heterocycles. The molecule has 0 bridgehead atoms. The van der Waals surface area contributed by atoms with Crippen LogP contribution < -0.4 is 5.32 Å². The highest BCUT2D eigenvalue weighted by atomic mass is 19.2. The van der Waals surface area contributed by atoms with Crippen LogP contribution in [0.3, 0.4) is 0 Å². The quantitative estimate of drug-likeness (QED) is 0.863. The minimum Gasteiger partial charge on any atom is -0.309 e. The molecule has 0 aliphatic heterocycles. The first kappa shape index (κ1) is 13.5. The first-order valence-electron chi connectivity index (χ1n) is 5.76. The summed E-state index contributed by atoms with van der Waals surface area (Å²) in [5, 5.41) is 2.95. The van der Waals surface area contributed by atoms with E-state index < -0.39 is 23.5 Å². The van der Waals surface area contributed by atoms with Gasteiger partial charge in [0.1, 0.15) is 0 Å². The van der Waals surface area contributed by atoms with Gasteiger partial charge in [0.05, 0.1) is 6.04 Å². The summed E-state index contributed by atoms with van der Waals surface area (Å²) in [5.41, 5.74) is 2.03. The van der Waals surface area contributed by atoms with Crippen molar-refractivity contribution < 1.29 is 13.2 Å². The molecule has 2 nitrogen and oxygen atoms in total. The van der Waals surface area contributed by atoms with Crippen LogP contribution in [0.2, 0.25) is 0 Å². The van der Waals surface area contributed by atoms with Gasteiger partial charge in [-0.1, -0.05) is 0 Å². The first-order valence-corrected chi connectivity index (χ1v) is 5.76. The van der Waals surface area contributed by atoms with Gasteiger partial charge in [0.15, 0.2) is 17.5 Å². The largest absolute Gasteiger partial charge is 0.309 e. The number of nitrogens with one attached hydrogen (secondary N) is 1. The number of pyridine rings is 1. The van der Waals surface area contributed by atoms with Gasteiger partial charge in [0.25, 0.3) is 0 Å². The first-order chi connectivity index (χ1) is 9.04. The predicted octanol–water partition coefficient (Wildman–Crippen LogP) is 3.12. The molecule has 2 rings (SSSR count). The third-order valence-electron chi connectivity index (χ3n) is 3.02. The zero-order valence-electron chi connectivity index (χ0n) is 10.5. The Hall–Kier alpha value is -1.88. The Kier molecular flexibility index (Phi) is 3.85. The van der Waals surface area contributed by atoms with E-state index in [1.165, 1.54) is 0 Å². The molecular formula is C14H13F3N2. The monoisotopic (exact) mass is 266 g/mol. The average molecular weight is 266 g/mol. The average Bonchev–Trinajstić information content (AvgIpc) is 2.39. The maximum Gasteiger partial charge on any atom is 0.194 e. The van der Waals surface area contributed by atoms with Crippen molar-refractivity contribution in [3.63, 3.8) is 0 Å². The molecule has 19 heavy (non-hydrogen) atoms. The van der Waals surface area contributed by atoms with Crippen LogP contribution in [0.1, 0.15) is 22.7 Å². The van der Waals surface area contributed by atoms with Gasteiger partial charge in [0.2, 0.25) is 0 Å². The van der Waals surface area contributed by atoms with Crippen LogP contribution in [0.25, 0.3) is 0 Å². The highest BCUT2D eigenvalue weighted by molar-refractivity contribution is 5.35. The third-order valence-corrected chi connectivity index (χ3v) is 3.02. The van der Waals surface area contributed by atoms with Crippen LogP contribution in [-0.2, 0) is 0 Å². The lowest BCUT2D eigenvalue weighted by atomic mass is 9.96. The van der Waals surface area contributed by atoms with Gasteiger partial charge in [-0.15, -0.1) is 0 Å². The fourth-order valence-corrected chi connectivity index (χ4v) is 2.02. The fourth-order valence-electron chi connectivity index (χ4n) is 2.02. The smallest absolute Gasteiger partial charge is 0.194 e. The van der Waals surface area contributed by atoms with E-state index in [9.17, 15) is 13.2 Å². The molecule has 0 saturated heterocycles. The second kappa shape index (κ2) is 5.40. The van der Waals surface area contributed by atoms with Gasteiger partial charge in [-0.3, -0.25) is 4.98 Å². The van der Waals surface area contributed by atoms with Crippen molar-refractivity contribution in [2.45, 2.75) is 13.0 Å². The molecule has 100 valence electrons. The van der Waals surface area contributed by atoms with E-state index in [0.29, 0.717) is 5.56 Å². The van der Waals surface area contributed by atoms with Crippen LogP contribution in [0, 0.1) is 24.4 Å². The van der Waals surface area contributed by atoms with E-state index in [4.69, 9.17) is 0 Å². The van der Waals surface area contributed by atoms with E-state index in [2.05, 4.69) is 10.3 Å². The summed E-state index contributed by atoms with van der Waals surface area (Å²) in [5.74, 6) is -3.85. The lowest BCUT2D eigenvalue weighted by molar-refractivity contribution is 0.443. The van der Waals surface area contributed by atoms with Crippen LogP contribution in [0.15, 0.2) is 30.6 Å². The summed E-state index contributed by atoms with van der Waals surface area (Å²) in [6.07, 6.45) is 3.26. The number of benzene rings is 1. The van der Waals surface area contributed by atoms with E-state index in [1.54, 1.807) is 25.5 Å². The molecule has 0 aliphatic rings. The van der Waals surface area contributed by atoms with Gasteiger partial charge in [-0.05, 0) is 48.9 Å². The molecule has 5 heteroatoms. The highest BCUT2D eigenvalue weighted by Gasteiger charge is 2.19. The molecule has 1 aromatic heterocycles. The van der Waals surface area contributed by atoms with Crippen molar-refractivity contribution in [2.75, 3.05) is 7.05 Å². The number of hydrogen-bond acceptors (Lipinski definition) is 2. The number of nitrogens with zero attached hydrogens (tertiary/aromatic N) is 1. The van der Waals surface area contributed by atoms with Crippen LogP contribution in [-0.4, -0.2) is 12.0 Å². The number of rotatable bonds is 3. The SMILES string of the molecule is CNC(c1cc(F)c(F)c(F)c1)c1cnccc1C. The summed E-state index contributed by atoms with van der Waals surface area (Å²) in [6.45, 7) is 1.87. The molecule has 0 fully saturated rings. The Bertz CT molecular complexity index is 576. The Morgan fingerprint density at radius 1 is 1.16 bits per heavy atom. The van der Waals surface area contributed by atoms with Crippen molar-refractivity contribution >= 4 is 0 Å². The molecule has 0 saturated carbocycles. The number of hydrogen-bond donors (Lipinski definition) is 1. The van der Waals surface area contributed by atoms with Crippen molar-refractivity contribution in [1.29, 1.82) is 0 Å². The van der Waals surface area contributed by atoms with Crippen LogP contribution in [0.4, 0.5) is 13.2 Å². The Balaban J connectivity index is 2.52.